The second-order valence-electron chi connectivity index (χ2n) is 7.45. The maximum Gasteiger partial charge on any atom is 0.416 e. The summed E-state index contributed by atoms with van der Waals surface area (Å²) in [5.74, 6) is 0.527. The van der Waals surface area contributed by atoms with Crippen molar-refractivity contribution in [3.8, 4) is 17.5 Å². The number of nitriles is 1. The van der Waals surface area contributed by atoms with Gasteiger partial charge >= 0.3 is 6.18 Å². The highest BCUT2D eigenvalue weighted by atomic mass is 19.4. The van der Waals surface area contributed by atoms with Crippen LogP contribution in [0.3, 0.4) is 0 Å². The van der Waals surface area contributed by atoms with Crippen LogP contribution in [0.1, 0.15) is 41.4 Å². The fraction of sp³-hybridized carbons (Fsp3) is 0.333. The summed E-state index contributed by atoms with van der Waals surface area (Å²) in [6.45, 7) is 2.60. The Hall–Kier alpha value is -3.81. The van der Waals surface area contributed by atoms with Gasteiger partial charge in [-0.15, -0.1) is 0 Å². The SMILES string of the molecule is CCCN1C(=O)c2[nH]c(-c3cnn(Cc4cccc(C(F)(F)F)c4)c3)nc2NC1CC#N. The lowest BCUT2D eigenvalue weighted by molar-refractivity contribution is -0.137. The minimum Gasteiger partial charge on any atom is -0.347 e. The molecule has 1 amide bonds. The van der Waals surface area contributed by atoms with Gasteiger partial charge in [-0.05, 0) is 24.1 Å². The molecule has 166 valence electrons. The van der Waals surface area contributed by atoms with Crippen molar-refractivity contribution in [2.45, 2.75) is 38.7 Å². The normalized spacial score (nSPS) is 15.9. The van der Waals surface area contributed by atoms with E-state index in [4.69, 9.17) is 5.26 Å². The summed E-state index contributed by atoms with van der Waals surface area (Å²) >= 11 is 0. The molecule has 8 nitrogen and oxygen atoms in total. The standard InChI is InChI=1S/C21H20F3N7O/c1-2-8-31-16(6-7-25)27-19-17(20(31)32)28-18(29-19)14-10-26-30(12-14)11-13-4-3-5-15(9-13)21(22,23)24/h3-5,9-10,12,16,27H,2,6,8,11H2,1H3,(H,28,29). The summed E-state index contributed by atoms with van der Waals surface area (Å²) in [7, 11) is 0. The Morgan fingerprint density at radius 1 is 1.31 bits per heavy atom. The quantitative estimate of drug-likeness (QED) is 0.602. The molecule has 0 radical (unpaired) electrons. The Labute approximate surface area is 181 Å². The molecule has 0 aliphatic carbocycles. The zero-order chi connectivity index (χ0) is 22.9. The molecule has 1 atom stereocenters. The number of rotatable bonds is 6. The Bertz CT molecular complexity index is 1170. The van der Waals surface area contributed by atoms with Crippen LogP contribution in [0.25, 0.3) is 11.4 Å². The maximum absolute atomic E-state index is 12.9. The number of H-pyrrole nitrogens is 1. The first-order valence-corrected chi connectivity index (χ1v) is 10.0. The lowest BCUT2D eigenvalue weighted by Crippen LogP contribution is -2.49. The number of halogens is 3. The van der Waals surface area contributed by atoms with Crippen molar-refractivity contribution in [1.82, 2.24) is 24.6 Å². The van der Waals surface area contributed by atoms with E-state index in [1.165, 1.54) is 16.9 Å². The van der Waals surface area contributed by atoms with E-state index < -0.39 is 17.9 Å². The predicted molar refractivity (Wildman–Crippen MR) is 109 cm³/mol. The van der Waals surface area contributed by atoms with E-state index in [1.54, 1.807) is 17.2 Å². The summed E-state index contributed by atoms with van der Waals surface area (Å²) in [4.78, 5) is 21.9. The van der Waals surface area contributed by atoms with Crippen LogP contribution < -0.4 is 5.32 Å². The molecule has 3 aromatic rings. The van der Waals surface area contributed by atoms with Gasteiger partial charge in [0.25, 0.3) is 5.91 Å². The van der Waals surface area contributed by atoms with Crippen molar-refractivity contribution >= 4 is 11.7 Å². The first-order chi connectivity index (χ1) is 15.3. The van der Waals surface area contributed by atoms with Crippen LogP contribution in [-0.2, 0) is 12.7 Å². The number of alkyl halides is 3. The van der Waals surface area contributed by atoms with E-state index in [-0.39, 0.29) is 18.9 Å². The number of nitrogens with zero attached hydrogens (tertiary/aromatic N) is 5. The summed E-state index contributed by atoms with van der Waals surface area (Å²) < 4.78 is 40.3. The van der Waals surface area contributed by atoms with Crippen molar-refractivity contribution in [2.24, 2.45) is 0 Å². The van der Waals surface area contributed by atoms with E-state index in [1.807, 2.05) is 6.92 Å². The lowest BCUT2D eigenvalue weighted by atomic mass is 10.1. The molecule has 0 bridgehead atoms. The van der Waals surface area contributed by atoms with E-state index in [0.29, 0.717) is 35.0 Å². The molecule has 11 heteroatoms. The second kappa shape index (κ2) is 8.37. The van der Waals surface area contributed by atoms with Crippen molar-refractivity contribution < 1.29 is 18.0 Å². The third-order valence-electron chi connectivity index (χ3n) is 5.11. The Balaban J connectivity index is 1.56. The van der Waals surface area contributed by atoms with Crippen LogP contribution >= 0.6 is 0 Å². The largest absolute Gasteiger partial charge is 0.416 e. The average Bonchev–Trinajstić information content (AvgIpc) is 3.38. The van der Waals surface area contributed by atoms with Gasteiger partial charge in [0.15, 0.2) is 5.82 Å². The van der Waals surface area contributed by atoms with Gasteiger partial charge in [-0.2, -0.15) is 23.5 Å². The molecule has 0 fully saturated rings. The number of nitrogens with one attached hydrogen (secondary N) is 2. The summed E-state index contributed by atoms with van der Waals surface area (Å²) in [5.41, 5.74) is 0.627. The third-order valence-corrected chi connectivity index (χ3v) is 5.11. The van der Waals surface area contributed by atoms with Crippen molar-refractivity contribution in [2.75, 3.05) is 11.9 Å². The van der Waals surface area contributed by atoms with Crippen LogP contribution in [0.4, 0.5) is 19.0 Å². The monoisotopic (exact) mass is 443 g/mol. The van der Waals surface area contributed by atoms with Crippen LogP contribution in [0.5, 0.6) is 0 Å². The fourth-order valence-corrected chi connectivity index (χ4v) is 3.64. The minimum atomic E-state index is -4.41. The molecule has 3 heterocycles. The van der Waals surface area contributed by atoms with Gasteiger partial charge in [-0.1, -0.05) is 19.1 Å². The lowest BCUT2D eigenvalue weighted by Gasteiger charge is -2.34. The van der Waals surface area contributed by atoms with E-state index >= 15 is 0 Å². The number of fused-ring (bicyclic) bond motifs is 1. The zero-order valence-electron chi connectivity index (χ0n) is 17.1. The van der Waals surface area contributed by atoms with Gasteiger partial charge in [-0.3, -0.25) is 9.48 Å². The Morgan fingerprint density at radius 2 is 2.12 bits per heavy atom. The number of hydrogen-bond donors (Lipinski definition) is 2. The highest BCUT2D eigenvalue weighted by molar-refractivity contribution is 5.99. The molecular formula is C21H20F3N7O. The van der Waals surface area contributed by atoms with Gasteiger partial charge in [0.1, 0.15) is 17.7 Å². The number of carbonyl (C=O) groups is 1. The van der Waals surface area contributed by atoms with Gasteiger partial charge < -0.3 is 15.2 Å². The highest BCUT2D eigenvalue weighted by Gasteiger charge is 2.34. The summed E-state index contributed by atoms with van der Waals surface area (Å²) in [5, 5.41) is 16.4. The Kier molecular flexibility index (Phi) is 5.61. The van der Waals surface area contributed by atoms with E-state index in [9.17, 15) is 18.0 Å². The van der Waals surface area contributed by atoms with Crippen LogP contribution in [0.2, 0.25) is 0 Å². The van der Waals surface area contributed by atoms with Gasteiger partial charge in [0, 0.05) is 12.7 Å². The average molecular weight is 443 g/mol. The van der Waals surface area contributed by atoms with Crippen molar-refractivity contribution in [3.63, 3.8) is 0 Å². The molecule has 32 heavy (non-hydrogen) atoms. The number of anilines is 1. The molecule has 1 aliphatic heterocycles. The molecular weight excluding hydrogens is 423 g/mol. The Morgan fingerprint density at radius 3 is 2.84 bits per heavy atom. The number of amides is 1. The van der Waals surface area contributed by atoms with Gasteiger partial charge in [0.2, 0.25) is 0 Å². The van der Waals surface area contributed by atoms with Crippen molar-refractivity contribution in [3.05, 3.63) is 53.5 Å². The molecule has 1 unspecified atom stereocenters. The molecule has 0 saturated carbocycles. The van der Waals surface area contributed by atoms with Crippen LogP contribution in [0, 0.1) is 11.3 Å². The summed E-state index contributed by atoms with van der Waals surface area (Å²) in [6.07, 6.45) is -0.826. The maximum atomic E-state index is 12.9. The molecule has 0 spiro atoms. The minimum absolute atomic E-state index is 0.127. The first kappa shape index (κ1) is 21.4. The number of benzene rings is 1. The first-order valence-electron chi connectivity index (χ1n) is 10.0. The highest BCUT2D eigenvalue weighted by Crippen LogP contribution is 2.30. The van der Waals surface area contributed by atoms with Crippen LogP contribution in [0.15, 0.2) is 36.7 Å². The fourth-order valence-electron chi connectivity index (χ4n) is 3.64. The second-order valence-corrected chi connectivity index (χ2v) is 7.45. The number of hydrogen-bond acceptors (Lipinski definition) is 5. The molecule has 1 aromatic carbocycles. The molecule has 2 aromatic heterocycles. The third kappa shape index (κ3) is 4.16. The summed E-state index contributed by atoms with van der Waals surface area (Å²) in [6, 6.07) is 7.15. The van der Waals surface area contributed by atoms with E-state index in [2.05, 4.69) is 26.5 Å². The number of aromatic amines is 1. The predicted octanol–water partition coefficient (Wildman–Crippen LogP) is 3.86. The topological polar surface area (TPSA) is 103 Å². The molecule has 1 aliphatic rings. The van der Waals surface area contributed by atoms with Crippen molar-refractivity contribution in [1.29, 1.82) is 5.26 Å². The number of carbonyl (C=O) groups excluding carboxylic acids is 1. The smallest absolute Gasteiger partial charge is 0.347 e. The number of imidazole rings is 1. The van der Waals surface area contributed by atoms with E-state index in [0.717, 1.165) is 18.6 Å². The zero-order valence-corrected chi connectivity index (χ0v) is 17.1. The van der Waals surface area contributed by atoms with Gasteiger partial charge in [-0.25, -0.2) is 4.98 Å². The molecule has 2 N–H and O–H groups in total. The van der Waals surface area contributed by atoms with Gasteiger partial charge in [0.05, 0.1) is 36.4 Å². The molecule has 0 saturated heterocycles. The number of aromatic nitrogens is 4. The molecule has 4 rings (SSSR count). The van der Waals surface area contributed by atoms with Crippen LogP contribution in [-0.4, -0.2) is 43.3 Å².